The lowest BCUT2D eigenvalue weighted by molar-refractivity contribution is -0.137. The molecule has 1 saturated carbocycles. The number of carboxylic acids is 1. The molecule has 1 saturated heterocycles. The summed E-state index contributed by atoms with van der Waals surface area (Å²) in [5, 5.41) is 11.7. The average Bonchev–Trinajstić information content (AvgIpc) is 3.25. The van der Waals surface area contributed by atoms with Crippen LogP contribution in [-0.2, 0) is 4.79 Å². The number of aldehydes is 1. The molecule has 1 aliphatic carbocycles. The number of halogens is 2. The molecule has 2 aliphatic rings. The van der Waals surface area contributed by atoms with Gasteiger partial charge in [-0.1, -0.05) is 32.0 Å². The Kier molecular flexibility index (Phi) is 12.7. The third-order valence-electron chi connectivity index (χ3n) is 8.16. The summed E-state index contributed by atoms with van der Waals surface area (Å²) in [6.07, 6.45) is 11.3. The second kappa shape index (κ2) is 15.5. The van der Waals surface area contributed by atoms with Crippen LogP contribution in [0.1, 0.15) is 59.2 Å². The number of aromatic nitrogens is 2. The van der Waals surface area contributed by atoms with Crippen molar-refractivity contribution in [1.82, 2.24) is 20.2 Å². The molecule has 3 aromatic rings. The second-order valence-electron chi connectivity index (χ2n) is 11.5. The van der Waals surface area contributed by atoms with Crippen LogP contribution in [0.3, 0.4) is 0 Å². The van der Waals surface area contributed by atoms with E-state index in [4.69, 9.17) is 5.11 Å². The minimum atomic E-state index is -1.08. The van der Waals surface area contributed by atoms with Gasteiger partial charge in [0.1, 0.15) is 5.69 Å². The molecule has 0 radical (unpaired) electrons. The number of hydrogen-bond acceptors (Lipinski definition) is 6. The predicted octanol–water partition coefficient (Wildman–Crippen LogP) is 6.03. The minimum absolute atomic E-state index is 0.0209. The van der Waals surface area contributed by atoms with Crippen LogP contribution in [0, 0.1) is 62.5 Å². The fourth-order valence-corrected chi connectivity index (χ4v) is 5.61. The zero-order valence-corrected chi connectivity index (χ0v) is 26.0. The van der Waals surface area contributed by atoms with E-state index in [1.165, 1.54) is 32.4 Å². The number of aryl methyl sites for hydroxylation is 3. The van der Waals surface area contributed by atoms with Gasteiger partial charge >= 0.3 is 5.97 Å². The van der Waals surface area contributed by atoms with Gasteiger partial charge in [-0.25, -0.2) is 13.8 Å². The largest absolute Gasteiger partial charge is 0.481 e. The number of likely N-dealkylation sites (tertiary alicyclic amines) is 1. The van der Waals surface area contributed by atoms with Crippen molar-refractivity contribution in [3.63, 3.8) is 0 Å². The van der Waals surface area contributed by atoms with Crippen molar-refractivity contribution in [2.24, 2.45) is 17.3 Å². The molecule has 1 aromatic heterocycles. The Bertz CT molecular complexity index is 1390. The van der Waals surface area contributed by atoms with Gasteiger partial charge in [0.05, 0.1) is 18.3 Å². The van der Waals surface area contributed by atoms with E-state index in [0.29, 0.717) is 23.0 Å². The van der Waals surface area contributed by atoms with E-state index in [1.807, 2.05) is 39.0 Å². The number of benzene rings is 2. The number of piperidine rings is 1. The number of carboxylic acid groups (broad SMARTS) is 1. The molecule has 0 bridgehead atoms. The molecule has 7 nitrogen and oxygen atoms in total. The lowest BCUT2D eigenvalue weighted by Crippen LogP contribution is -2.21. The Hall–Kier alpha value is -4.00. The number of hydrogen-bond donors (Lipinski definition) is 2. The van der Waals surface area contributed by atoms with Crippen molar-refractivity contribution in [2.45, 2.75) is 47.1 Å². The van der Waals surface area contributed by atoms with E-state index < -0.39 is 23.6 Å². The standard InChI is InChI=1S/C18H19F2NO2.C8H15N.C6H6N2O.C2H2/c1-10-5-4-6-11(2)17(10)12-7-13(18(20)14(19)8-12)15(21-3)9-16(22)23;1-8(2)6-4-9(3)5-7(6)8;1-5-2-8-6(4-9)3-7-5;1-2/h4-8,15,21H,9H2,1-3H3,(H,22,23);6-7H,4-5H2,1-3H3;2-4H,1H3;1-2H. The Morgan fingerprint density at radius 2 is 1.70 bits per heavy atom. The van der Waals surface area contributed by atoms with Gasteiger partial charge in [0, 0.05) is 30.9 Å². The number of rotatable bonds is 6. The zero-order valence-electron chi connectivity index (χ0n) is 26.0. The van der Waals surface area contributed by atoms with Crippen molar-refractivity contribution in [1.29, 1.82) is 0 Å². The fraction of sp³-hybridized carbons (Fsp3) is 0.412. The molecule has 0 spiro atoms. The van der Waals surface area contributed by atoms with Crippen LogP contribution in [0.25, 0.3) is 11.1 Å². The fourth-order valence-electron chi connectivity index (χ4n) is 5.61. The molecule has 2 heterocycles. The van der Waals surface area contributed by atoms with Crippen molar-refractivity contribution in [3.8, 4) is 24.0 Å². The Morgan fingerprint density at radius 1 is 1.12 bits per heavy atom. The summed E-state index contributed by atoms with van der Waals surface area (Å²) in [4.78, 5) is 31.0. The molecular weight excluding hydrogens is 550 g/mol. The van der Waals surface area contributed by atoms with Gasteiger partial charge in [-0.3, -0.25) is 14.6 Å². The molecular formula is C34H42F2N4O3. The van der Waals surface area contributed by atoms with Crippen LogP contribution in [0.2, 0.25) is 0 Å². The van der Waals surface area contributed by atoms with Crippen molar-refractivity contribution in [2.75, 3.05) is 27.2 Å². The summed E-state index contributed by atoms with van der Waals surface area (Å²) in [5.41, 5.74) is 5.18. The van der Waals surface area contributed by atoms with E-state index in [2.05, 4.69) is 53.9 Å². The van der Waals surface area contributed by atoms with Crippen LogP contribution in [0.5, 0.6) is 0 Å². The molecule has 2 fully saturated rings. The number of fused-ring (bicyclic) bond motifs is 1. The summed E-state index contributed by atoms with van der Waals surface area (Å²) in [6, 6.07) is 7.58. The van der Waals surface area contributed by atoms with Gasteiger partial charge in [-0.05, 0) is 86.5 Å². The first-order valence-electron chi connectivity index (χ1n) is 14.0. The first kappa shape index (κ1) is 35.2. The number of nitrogens with zero attached hydrogens (tertiary/aromatic N) is 3. The molecule has 3 unspecified atom stereocenters. The molecule has 230 valence electrons. The van der Waals surface area contributed by atoms with Crippen LogP contribution in [0.4, 0.5) is 8.78 Å². The second-order valence-corrected chi connectivity index (χ2v) is 11.5. The smallest absolute Gasteiger partial charge is 0.305 e. The van der Waals surface area contributed by atoms with Crippen LogP contribution >= 0.6 is 0 Å². The molecule has 2 N–H and O–H groups in total. The van der Waals surface area contributed by atoms with E-state index >= 15 is 0 Å². The first-order valence-corrected chi connectivity index (χ1v) is 14.0. The summed E-state index contributed by atoms with van der Waals surface area (Å²) in [7, 11) is 3.75. The highest BCUT2D eigenvalue weighted by Gasteiger charge is 2.61. The third-order valence-corrected chi connectivity index (χ3v) is 8.16. The van der Waals surface area contributed by atoms with Crippen LogP contribution in [-0.4, -0.2) is 59.4 Å². The van der Waals surface area contributed by atoms with Crippen LogP contribution < -0.4 is 5.32 Å². The zero-order chi connectivity index (χ0) is 32.5. The van der Waals surface area contributed by atoms with E-state index in [9.17, 15) is 18.4 Å². The minimum Gasteiger partial charge on any atom is -0.481 e. The third kappa shape index (κ3) is 8.99. The van der Waals surface area contributed by atoms with Crippen molar-refractivity contribution < 1.29 is 23.5 Å². The first-order chi connectivity index (χ1) is 20.3. The monoisotopic (exact) mass is 592 g/mol. The van der Waals surface area contributed by atoms with Gasteiger partial charge in [-0.2, -0.15) is 0 Å². The van der Waals surface area contributed by atoms with Crippen molar-refractivity contribution in [3.05, 3.63) is 82.4 Å². The van der Waals surface area contributed by atoms with Crippen LogP contribution in [0.15, 0.2) is 42.7 Å². The maximum Gasteiger partial charge on any atom is 0.305 e. The van der Waals surface area contributed by atoms with E-state index in [1.54, 1.807) is 6.20 Å². The molecule has 2 aromatic carbocycles. The Balaban J connectivity index is 0.000000262. The highest BCUT2D eigenvalue weighted by atomic mass is 19.2. The summed E-state index contributed by atoms with van der Waals surface area (Å²) >= 11 is 0. The lowest BCUT2D eigenvalue weighted by Gasteiger charge is -2.18. The molecule has 43 heavy (non-hydrogen) atoms. The summed E-state index contributed by atoms with van der Waals surface area (Å²) in [5.74, 6) is -1.02. The number of terminal acetylenes is 1. The van der Waals surface area contributed by atoms with Gasteiger partial charge in [0.25, 0.3) is 0 Å². The predicted molar refractivity (Wildman–Crippen MR) is 166 cm³/mol. The topological polar surface area (TPSA) is 95.4 Å². The molecule has 1 aliphatic heterocycles. The number of carbonyl (C=O) groups is 2. The van der Waals surface area contributed by atoms with E-state index in [0.717, 1.165) is 40.3 Å². The Morgan fingerprint density at radius 3 is 2.14 bits per heavy atom. The summed E-state index contributed by atoms with van der Waals surface area (Å²) < 4.78 is 28.3. The number of carbonyl (C=O) groups excluding carboxylic acids is 1. The molecule has 9 heteroatoms. The molecule has 3 atom stereocenters. The molecule has 0 amide bonds. The van der Waals surface area contributed by atoms with Gasteiger partial charge in [0.15, 0.2) is 17.9 Å². The van der Waals surface area contributed by atoms with Crippen molar-refractivity contribution >= 4 is 12.3 Å². The van der Waals surface area contributed by atoms with E-state index in [-0.39, 0.29) is 12.0 Å². The van der Waals surface area contributed by atoms with Gasteiger partial charge in [0.2, 0.25) is 0 Å². The number of nitrogens with one attached hydrogen (secondary N) is 1. The number of aliphatic carboxylic acids is 1. The quantitative estimate of drug-likeness (QED) is 0.266. The average molecular weight is 593 g/mol. The highest BCUT2D eigenvalue weighted by molar-refractivity contribution is 5.72. The Labute approximate surface area is 253 Å². The highest BCUT2D eigenvalue weighted by Crippen LogP contribution is 2.61. The van der Waals surface area contributed by atoms with Gasteiger partial charge in [-0.15, -0.1) is 12.8 Å². The summed E-state index contributed by atoms with van der Waals surface area (Å²) in [6.45, 7) is 13.1. The van der Waals surface area contributed by atoms with Gasteiger partial charge < -0.3 is 15.3 Å². The maximum absolute atomic E-state index is 14.2. The SMILES string of the molecule is C#C.CN1CC2C(C1)C2(C)C.CNC(CC(=O)O)c1cc(-c2c(C)cccc2C)cc(F)c1F.Cc1cnc(C=O)cn1. The lowest BCUT2D eigenvalue weighted by atomic mass is 9.92. The maximum atomic E-state index is 14.2. The molecule has 5 rings (SSSR count). The normalized spacial score (nSPS) is 18.3.